The molecule has 1 saturated carbocycles. The predicted octanol–water partition coefficient (Wildman–Crippen LogP) is 5.71. The van der Waals surface area contributed by atoms with Gasteiger partial charge in [0.15, 0.2) is 5.65 Å². The van der Waals surface area contributed by atoms with E-state index >= 15 is 0 Å². The van der Waals surface area contributed by atoms with Crippen molar-refractivity contribution >= 4 is 28.0 Å². The van der Waals surface area contributed by atoms with Crippen LogP contribution in [0.25, 0.3) is 33.3 Å². The van der Waals surface area contributed by atoms with Crippen molar-refractivity contribution < 1.29 is 9.53 Å². The largest absolute Gasteiger partial charge is 0.457 e. The van der Waals surface area contributed by atoms with Crippen LogP contribution < -0.4 is 4.74 Å². The highest BCUT2D eigenvalue weighted by atomic mass is 16.5. The van der Waals surface area contributed by atoms with Gasteiger partial charge in [-0.25, -0.2) is 19.6 Å². The number of hydrogen-bond acceptors (Lipinski definition) is 6. The van der Waals surface area contributed by atoms with E-state index in [0.29, 0.717) is 12.5 Å². The van der Waals surface area contributed by atoms with E-state index in [1.54, 1.807) is 12.7 Å². The average molecular weight is 534 g/mol. The Balaban J connectivity index is 1.27. The second-order valence-corrected chi connectivity index (χ2v) is 10.9. The molecule has 9 heteroatoms. The molecule has 1 aliphatic heterocycles. The summed E-state index contributed by atoms with van der Waals surface area (Å²) in [4.78, 5) is 28.1. The molecule has 0 unspecified atom stereocenters. The highest BCUT2D eigenvalue weighted by molar-refractivity contribution is 5.94. The summed E-state index contributed by atoms with van der Waals surface area (Å²) < 4.78 is 10.3. The van der Waals surface area contributed by atoms with Gasteiger partial charge in [-0.1, -0.05) is 6.58 Å². The smallest absolute Gasteiger partial charge is 0.246 e. The molecule has 9 nitrogen and oxygen atoms in total. The number of amides is 1. The molecule has 2 aromatic carbocycles. The monoisotopic (exact) mass is 533 g/mol. The van der Waals surface area contributed by atoms with Crippen molar-refractivity contribution in [3.05, 3.63) is 73.0 Å². The second-order valence-electron chi connectivity index (χ2n) is 10.9. The number of hydrogen-bond donors (Lipinski definition) is 0. The van der Waals surface area contributed by atoms with E-state index in [1.807, 2.05) is 45.5 Å². The number of fused-ring (bicyclic) bond motifs is 2. The van der Waals surface area contributed by atoms with Crippen molar-refractivity contribution in [2.24, 2.45) is 7.05 Å². The molecule has 1 saturated heterocycles. The number of imidazole rings is 1. The SMILES string of the molecule is C=CC(=O)N1CCC[C@@H](n2nc(-c3ccc(Oc4ccc5c(c4)ncn5C)c(C)c3)c3c(C4CC4)ncnc32)C1. The van der Waals surface area contributed by atoms with Crippen LogP contribution in [0.3, 0.4) is 0 Å². The molecule has 2 fully saturated rings. The molecule has 202 valence electrons. The first kappa shape index (κ1) is 24.5. The molecule has 4 heterocycles. The van der Waals surface area contributed by atoms with Gasteiger partial charge < -0.3 is 14.2 Å². The number of ether oxygens (including phenoxy) is 1. The van der Waals surface area contributed by atoms with Gasteiger partial charge in [0.2, 0.25) is 5.91 Å². The third kappa shape index (κ3) is 4.22. The fourth-order valence-corrected chi connectivity index (χ4v) is 5.82. The lowest BCUT2D eigenvalue weighted by molar-refractivity contribution is -0.127. The van der Waals surface area contributed by atoms with E-state index in [9.17, 15) is 4.79 Å². The molecule has 5 aromatic rings. The molecule has 0 spiro atoms. The quantitative estimate of drug-likeness (QED) is 0.260. The number of carbonyl (C=O) groups excluding carboxylic acids is 1. The van der Waals surface area contributed by atoms with E-state index in [4.69, 9.17) is 19.8 Å². The molecule has 0 radical (unpaired) electrons. The zero-order valence-electron chi connectivity index (χ0n) is 22.7. The number of benzene rings is 2. The first-order valence-electron chi connectivity index (χ1n) is 13.8. The van der Waals surface area contributed by atoms with E-state index in [0.717, 1.165) is 88.3 Å². The van der Waals surface area contributed by atoms with E-state index in [2.05, 4.69) is 30.6 Å². The number of carbonyl (C=O) groups is 1. The highest BCUT2D eigenvalue weighted by Gasteiger charge is 2.33. The molecule has 7 rings (SSSR count). The van der Waals surface area contributed by atoms with Crippen molar-refractivity contribution in [2.75, 3.05) is 13.1 Å². The first-order valence-corrected chi connectivity index (χ1v) is 13.8. The summed E-state index contributed by atoms with van der Waals surface area (Å²) >= 11 is 0. The summed E-state index contributed by atoms with van der Waals surface area (Å²) in [7, 11) is 1.98. The Bertz CT molecular complexity index is 1780. The van der Waals surface area contributed by atoms with Crippen molar-refractivity contribution in [3.8, 4) is 22.8 Å². The topological polar surface area (TPSA) is 91.0 Å². The van der Waals surface area contributed by atoms with Crippen LogP contribution in [-0.4, -0.2) is 53.2 Å². The molecule has 1 atom stereocenters. The summed E-state index contributed by atoms with van der Waals surface area (Å²) in [5.74, 6) is 1.94. The molecule has 3 aromatic heterocycles. The maximum absolute atomic E-state index is 12.4. The van der Waals surface area contributed by atoms with Gasteiger partial charge in [0.1, 0.15) is 23.5 Å². The molecule has 0 N–H and O–H groups in total. The van der Waals surface area contributed by atoms with E-state index < -0.39 is 0 Å². The minimum atomic E-state index is -0.0388. The maximum atomic E-state index is 12.4. The second kappa shape index (κ2) is 9.59. The maximum Gasteiger partial charge on any atom is 0.246 e. The van der Waals surface area contributed by atoms with Crippen molar-refractivity contribution in [2.45, 2.75) is 44.6 Å². The highest BCUT2D eigenvalue weighted by Crippen LogP contribution is 2.45. The minimum Gasteiger partial charge on any atom is -0.457 e. The number of aryl methyl sites for hydroxylation is 2. The molecule has 1 amide bonds. The molecule has 0 bridgehead atoms. The van der Waals surface area contributed by atoms with Gasteiger partial charge in [0.25, 0.3) is 0 Å². The normalized spacial score (nSPS) is 17.4. The Hall–Kier alpha value is -4.53. The molecule has 1 aliphatic carbocycles. The number of likely N-dealkylation sites (tertiary alicyclic amines) is 1. The van der Waals surface area contributed by atoms with Gasteiger partial charge in [-0.15, -0.1) is 0 Å². The molecular formula is C31H31N7O2. The lowest BCUT2D eigenvalue weighted by atomic mass is 10.0. The number of piperidine rings is 1. The Labute approximate surface area is 232 Å². The summed E-state index contributed by atoms with van der Waals surface area (Å²) in [6, 6.07) is 12.2. The first-order chi connectivity index (χ1) is 19.5. The molecular weight excluding hydrogens is 502 g/mol. The van der Waals surface area contributed by atoms with Crippen LogP contribution in [0.2, 0.25) is 0 Å². The summed E-state index contributed by atoms with van der Waals surface area (Å²) in [6.45, 7) is 7.06. The molecule has 40 heavy (non-hydrogen) atoms. The fourth-order valence-electron chi connectivity index (χ4n) is 5.82. The number of aromatic nitrogens is 6. The Kier molecular flexibility index (Phi) is 5.87. The summed E-state index contributed by atoms with van der Waals surface area (Å²) in [5.41, 5.74) is 6.76. The zero-order valence-corrected chi connectivity index (χ0v) is 22.7. The lowest BCUT2D eigenvalue weighted by Gasteiger charge is -2.32. The van der Waals surface area contributed by atoms with Crippen LogP contribution >= 0.6 is 0 Å². The van der Waals surface area contributed by atoms with Crippen molar-refractivity contribution in [1.82, 2.24) is 34.2 Å². The van der Waals surface area contributed by atoms with Crippen LogP contribution in [-0.2, 0) is 11.8 Å². The van der Waals surface area contributed by atoms with Gasteiger partial charge in [0, 0.05) is 37.7 Å². The number of rotatable bonds is 6. The van der Waals surface area contributed by atoms with Gasteiger partial charge in [-0.2, -0.15) is 5.10 Å². The third-order valence-corrected chi connectivity index (χ3v) is 8.08. The predicted molar refractivity (Wildman–Crippen MR) is 153 cm³/mol. The van der Waals surface area contributed by atoms with Gasteiger partial charge in [0.05, 0.1) is 34.5 Å². The van der Waals surface area contributed by atoms with Gasteiger partial charge in [-0.05, 0) is 74.6 Å². The Morgan fingerprint density at radius 3 is 2.77 bits per heavy atom. The van der Waals surface area contributed by atoms with Crippen LogP contribution in [0.4, 0.5) is 0 Å². The Morgan fingerprint density at radius 1 is 1.10 bits per heavy atom. The van der Waals surface area contributed by atoms with Crippen LogP contribution in [0.15, 0.2) is 61.7 Å². The van der Waals surface area contributed by atoms with Crippen LogP contribution in [0.5, 0.6) is 11.5 Å². The molecule has 2 aliphatic rings. The van der Waals surface area contributed by atoms with Crippen LogP contribution in [0, 0.1) is 6.92 Å². The minimum absolute atomic E-state index is 0.0388. The van der Waals surface area contributed by atoms with Crippen molar-refractivity contribution in [3.63, 3.8) is 0 Å². The van der Waals surface area contributed by atoms with Crippen molar-refractivity contribution in [1.29, 1.82) is 0 Å². The third-order valence-electron chi connectivity index (χ3n) is 8.08. The van der Waals surface area contributed by atoms with Crippen LogP contribution in [0.1, 0.15) is 48.9 Å². The average Bonchev–Trinajstić information content (AvgIpc) is 3.66. The van der Waals surface area contributed by atoms with E-state index in [-0.39, 0.29) is 11.9 Å². The number of nitrogens with zero attached hydrogens (tertiary/aromatic N) is 7. The fraction of sp³-hybridized carbons (Fsp3) is 0.323. The zero-order chi connectivity index (χ0) is 27.4. The van der Waals surface area contributed by atoms with Gasteiger partial charge >= 0.3 is 0 Å². The lowest BCUT2D eigenvalue weighted by Crippen LogP contribution is -2.40. The summed E-state index contributed by atoms with van der Waals surface area (Å²) in [5, 5.41) is 6.18. The standard InChI is InChI=1S/C31H31N7O2/c1-4-27(39)37-13-5-6-22(16-37)38-31-28(29(20-7-8-20)32-17-33-31)30(35-38)21-9-12-26(19(2)14-21)40-23-10-11-25-24(15-23)34-18-36(25)3/h4,9-12,14-15,17-18,20,22H,1,5-8,13,16H2,2-3H3/t22-/m1/s1. The Morgan fingerprint density at radius 2 is 1.98 bits per heavy atom. The van der Waals surface area contributed by atoms with E-state index in [1.165, 1.54) is 6.08 Å². The summed E-state index contributed by atoms with van der Waals surface area (Å²) in [6.07, 6.45) is 8.97. The van der Waals surface area contributed by atoms with Gasteiger partial charge in [-0.3, -0.25) is 4.79 Å².